The number of unbranched alkanes of at least 4 members (excludes halogenated alkanes) is 2. The molecule has 2 amide bonds. The number of carbonyl (C=O) groups excluding carboxylic acids is 2. The Bertz CT molecular complexity index is 347. The molecule has 0 aromatic rings. The van der Waals surface area contributed by atoms with Crippen LogP contribution in [0.1, 0.15) is 59.3 Å². The van der Waals surface area contributed by atoms with Crippen LogP contribution in [0.15, 0.2) is 0 Å². The summed E-state index contributed by atoms with van der Waals surface area (Å²) in [6, 6.07) is -1.52. The molecule has 7 nitrogen and oxygen atoms in total. The van der Waals surface area contributed by atoms with Crippen molar-refractivity contribution < 1.29 is 19.5 Å². The third-order valence-electron chi connectivity index (χ3n) is 3.05. The summed E-state index contributed by atoms with van der Waals surface area (Å²) in [5.41, 5.74) is 5.03. The van der Waals surface area contributed by atoms with Gasteiger partial charge in [0.2, 0.25) is 11.8 Å². The molecule has 0 rings (SSSR count). The maximum Gasteiger partial charge on any atom is 0.326 e. The lowest BCUT2D eigenvalue weighted by atomic mass is 10.1. The Morgan fingerprint density at radius 1 is 1.00 bits per heavy atom. The van der Waals surface area contributed by atoms with Gasteiger partial charge in [-0.25, -0.2) is 10.2 Å². The van der Waals surface area contributed by atoms with E-state index in [1.54, 1.807) is 0 Å². The number of amides is 2. The molecule has 21 heavy (non-hydrogen) atoms. The Balaban J connectivity index is 4.58. The lowest BCUT2D eigenvalue weighted by molar-refractivity contribution is -0.142. The number of aliphatic carboxylic acids is 1. The molecule has 0 saturated heterocycles. The molecule has 0 aliphatic heterocycles. The van der Waals surface area contributed by atoms with Crippen LogP contribution >= 0.6 is 0 Å². The minimum Gasteiger partial charge on any atom is -0.480 e. The van der Waals surface area contributed by atoms with Crippen molar-refractivity contribution in [3.63, 3.8) is 0 Å². The maximum absolute atomic E-state index is 12.2. The zero-order valence-electron chi connectivity index (χ0n) is 13.1. The number of hydrogen-bond acceptors (Lipinski definition) is 4. The first kappa shape index (κ1) is 19.4. The molecule has 0 saturated carbocycles. The third-order valence-corrected chi connectivity index (χ3v) is 3.05. The zero-order valence-corrected chi connectivity index (χ0v) is 13.1. The Morgan fingerprint density at radius 2 is 1.52 bits per heavy atom. The number of hydrogen-bond donors (Lipinski definition) is 4. The molecule has 0 radical (unpaired) electrons. The highest BCUT2D eigenvalue weighted by Gasteiger charge is 2.24. The summed E-state index contributed by atoms with van der Waals surface area (Å²) in [5, 5.41) is 11.7. The Kier molecular flexibility index (Phi) is 10.2. The maximum atomic E-state index is 12.2. The lowest BCUT2D eigenvalue weighted by Crippen LogP contribution is -2.54. The predicted molar refractivity (Wildman–Crippen MR) is 79.4 cm³/mol. The van der Waals surface area contributed by atoms with Gasteiger partial charge < -0.3 is 10.4 Å². The number of nitrogens with one attached hydrogen (secondary N) is 3. The summed E-state index contributed by atoms with van der Waals surface area (Å²) in [5.74, 6) is -1.74. The molecule has 7 heteroatoms. The molecule has 0 bridgehead atoms. The van der Waals surface area contributed by atoms with Gasteiger partial charge in [-0.15, -0.1) is 0 Å². The summed E-state index contributed by atoms with van der Waals surface area (Å²) in [6.07, 6.45) is 4.24. The van der Waals surface area contributed by atoms with Gasteiger partial charge in [0.05, 0.1) is 0 Å². The molecular weight excluding hydrogens is 274 g/mol. The van der Waals surface area contributed by atoms with Gasteiger partial charge in [0, 0.05) is 6.92 Å². The fourth-order valence-corrected chi connectivity index (χ4v) is 1.80. The van der Waals surface area contributed by atoms with Crippen molar-refractivity contribution in [1.29, 1.82) is 0 Å². The summed E-state index contributed by atoms with van der Waals surface area (Å²) in [7, 11) is 0. The highest BCUT2D eigenvalue weighted by Crippen LogP contribution is 2.04. The molecule has 0 fully saturated rings. The van der Waals surface area contributed by atoms with E-state index < -0.39 is 24.0 Å². The molecule has 0 unspecified atom stereocenters. The average Bonchev–Trinajstić information content (AvgIpc) is 2.42. The Morgan fingerprint density at radius 3 is 1.95 bits per heavy atom. The minimum atomic E-state index is -1.04. The van der Waals surface area contributed by atoms with Gasteiger partial charge in [0.1, 0.15) is 12.1 Å². The van der Waals surface area contributed by atoms with Gasteiger partial charge in [0.25, 0.3) is 0 Å². The Hall–Kier alpha value is -1.63. The fraction of sp³-hybridized carbons (Fsp3) is 0.786. The van der Waals surface area contributed by atoms with Crippen molar-refractivity contribution in [1.82, 2.24) is 16.2 Å². The van der Waals surface area contributed by atoms with E-state index in [1.807, 2.05) is 13.8 Å². The van der Waals surface area contributed by atoms with E-state index in [9.17, 15) is 14.4 Å². The van der Waals surface area contributed by atoms with Crippen molar-refractivity contribution in [2.75, 3.05) is 0 Å². The van der Waals surface area contributed by atoms with Crippen LogP contribution in [0, 0.1) is 0 Å². The van der Waals surface area contributed by atoms with Gasteiger partial charge in [-0.05, 0) is 12.8 Å². The van der Waals surface area contributed by atoms with Crippen LogP contribution in [0.3, 0.4) is 0 Å². The van der Waals surface area contributed by atoms with Crippen molar-refractivity contribution in [3.05, 3.63) is 0 Å². The first-order valence-corrected chi connectivity index (χ1v) is 7.47. The van der Waals surface area contributed by atoms with Crippen LogP contribution in [0.2, 0.25) is 0 Å². The van der Waals surface area contributed by atoms with Crippen LogP contribution in [-0.2, 0) is 14.4 Å². The van der Waals surface area contributed by atoms with E-state index in [4.69, 9.17) is 5.11 Å². The fourth-order valence-electron chi connectivity index (χ4n) is 1.80. The molecule has 122 valence electrons. The van der Waals surface area contributed by atoms with Crippen LogP contribution in [0.4, 0.5) is 0 Å². The van der Waals surface area contributed by atoms with Crippen molar-refractivity contribution >= 4 is 17.8 Å². The highest BCUT2D eigenvalue weighted by molar-refractivity contribution is 5.87. The molecule has 2 atom stereocenters. The second-order valence-electron chi connectivity index (χ2n) is 5.06. The number of carboxylic acids is 1. The summed E-state index contributed by atoms with van der Waals surface area (Å²) < 4.78 is 0. The van der Waals surface area contributed by atoms with Gasteiger partial charge in [-0.1, -0.05) is 39.5 Å². The SMILES string of the molecule is CCCC[C@H](NC(=O)[C@H](CCCC)NNC(C)=O)C(=O)O. The first-order valence-electron chi connectivity index (χ1n) is 7.47. The van der Waals surface area contributed by atoms with Gasteiger partial charge >= 0.3 is 5.97 Å². The quantitative estimate of drug-likeness (QED) is 0.425. The average molecular weight is 301 g/mol. The van der Waals surface area contributed by atoms with Crippen LogP contribution in [0.5, 0.6) is 0 Å². The normalized spacial score (nSPS) is 13.3. The van der Waals surface area contributed by atoms with Gasteiger partial charge in [-0.3, -0.25) is 15.0 Å². The van der Waals surface area contributed by atoms with Crippen molar-refractivity contribution in [3.8, 4) is 0 Å². The second kappa shape index (κ2) is 11.1. The Labute approximate surface area is 125 Å². The molecule has 0 aliphatic rings. The topological polar surface area (TPSA) is 108 Å². The standard InChI is InChI=1S/C14H27N3O4/c1-4-6-8-11(17-16-10(3)18)13(19)15-12(14(20)21)9-7-5-2/h11-12,17H,4-9H2,1-3H3,(H,15,19)(H,16,18)(H,20,21)/t11-,12-/m0/s1. The number of carbonyl (C=O) groups is 3. The van der Waals surface area contributed by atoms with Crippen LogP contribution in [0.25, 0.3) is 0 Å². The molecule has 4 N–H and O–H groups in total. The molecule has 0 heterocycles. The van der Waals surface area contributed by atoms with Gasteiger partial charge in [-0.2, -0.15) is 0 Å². The number of carboxylic acid groups (broad SMARTS) is 1. The lowest BCUT2D eigenvalue weighted by Gasteiger charge is -2.21. The number of hydrazine groups is 1. The largest absolute Gasteiger partial charge is 0.480 e. The van der Waals surface area contributed by atoms with Crippen LogP contribution in [-0.4, -0.2) is 35.0 Å². The van der Waals surface area contributed by atoms with Crippen molar-refractivity contribution in [2.45, 2.75) is 71.4 Å². The molecular formula is C14H27N3O4. The summed E-state index contributed by atoms with van der Waals surface area (Å²) in [4.78, 5) is 34.2. The van der Waals surface area contributed by atoms with E-state index in [2.05, 4.69) is 16.2 Å². The minimum absolute atomic E-state index is 0.301. The second-order valence-corrected chi connectivity index (χ2v) is 5.06. The first-order chi connectivity index (χ1) is 9.92. The molecule has 0 aromatic heterocycles. The smallest absolute Gasteiger partial charge is 0.326 e. The van der Waals surface area contributed by atoms with E-state index >= 15 is 0 Å². The number of rotatable bonds is 11. The van der Waals surface area contributed by atoms with E-state index in [1.165, 1.54) is 6.92 Å². The van der Waals surface area contributed by atoms with E-state index in [0.29, 0.717) is 12.8 Å². The third kappa shape index (κ3) is 9.01. The molecule has 0 aliphatic carbocycles. The molecule has 0 aromatic carbocycles. The van der Waals surface area contributed by atoms with E-state index in [0.717, 1.165) is 25.7 Å². The zero-order chi connectivity index (χ0) is 16.3. The summed E-state index contributed by atoms with van der Waals surface area (Å²) >= 11 is 0. The predicted octanol–water partition coefficient (Wildman–Crippen LogP) is 0.946. The highest BCUT2D eigenvalue weighted by atomic mass is 16.4. The van der Waals surface area contributed by atoms with Crippen molar-refractivity contribution in [2.24, 2.45) is 0 Å². The van der Waals surface area contributed by atoms with Gasteiger partial charge in [0.15, 0.2) is 0 Å². The summed E-state index contributed by atoms with van der Waals surface area (Å²) in [6.45, 7) is 5.29. The molecule has 0 spiro atoms. The monoisotopic (exact) mass is 301 g/mol. The van der Waals surface area contributed by atoms with E-state index in [-0.39, 0.29) is 5.91 Å². The van der Waals surface area contributed by atoms with Crippen LogP contribution < -0.4 is 16.2 Å².